The molecule has 0 aliphatic carbocycles. The van der Waals surface area contributed by atoms with E-state index in [-0.39, 0.29) is 17.7 Å². The zero-order valence-electron chi connectivity index (χ0n) is 16.8. The third-order valence-electron chi connectivity index (χ3n) is 4.91. The van der Waals surface area contributed by atoms with Crippen LogP contribution in [0, 0.1) is 0 Å². The smallest absolute Gasteiger partial charge is 0.335 e. The highest BCUT2D eigenvalue weighted by molar-refractivity contribution is 6.14. The van der Waals surface area contributed by atoms with Crippen molar-refractivity contribution in [3.05, 3.63) is 84.4 Å². The van der Waals surface area contributed by atoms with Gasteiger partial charge < -0.3 is 14.8 Å². The summed E-state index contributed by atoms with van der Waals surface area (Å²) < 4.78 is 10.7. The van der Waals surface area contributed by atoms with Crippen molar-refractivity contribution in [3.8, 4) is 11.5 Å². The number of hydrogen-bond acceptors (Lipinski definition) is 5. The van der Waals surface area contributed by atoms with Crippen molar-refractivity contribution in [1.82, 2.24) is 0 Å². The van der Waals surface area contributed by atoms with E-state index in [1.54, 1.807) is 72.8 Å². The topological polar surface area (TPSA) is 84.9 Å². The summed E-state index contributed by atoms with van der Waals surface area (Å²) in [4.78, 5) is 40.4. The third kappa shape index (κ3) is 4.11. The van der Waals surface area contributed by atoms with Crippen LogP contribution in [-0.4, -0.2) is 30.9 Å². The zero-order chi connectivity index (χ0) is 21.8. The number of nitrogens with zero attached hydrogens (tertiary/aromatic N) is 1. The molecule has 0 bridgehead atoms. The van der Waals surface area contributed by atoms with Crippen LogP contribution in [0.3, 0.4) is 0 Å². The molecule has 0 saturated heterocycles. The van der Waals surface area contributed by atoms with Crippen molar-refractivity contribution in [2.45, 2.75) is 12.5 Å². The van der Waals surface area contributed by atoms with Gasteiger partial charge in [-0.3, -0.25) is 14.5 Å². The van der Waals surface area contributed by atoms with E-state index in [1.807, 2.05) is 6.07 Å². The second-order valence-electron chi connectivity index (χ2n) is 6.90. The molecule has 0 aromatic heterocycles. The van der Waals surface area contributed by atoms with E-state index in [1.165, 1.54) is 12.0 Å². The van der Waals surface area contributed by atoms with Crippen LogP contribution in [0.4, 0.5) is 11.4 Å². The number of hydrogen-bond donors (Lipinski definition) is 1. The maximum Gasteiger partial charge on any atom is 0.335 e. The number of carbonyl (C=O) groups excluding carboxylic acids is 3. The molecule has 7 nitrogen and oxygen atoms in total. The molecule has 2 amide bonds. The second kappa shape index (κ2) is 8.71. The van der Waals surface area contributed by atoms with Gasteiger partial charge in [0.2, 0.25) is 5.91 Å². The number of nitrogens with one attached hydrogen (secondary N) is 1. The Labute approximate surface area is 179 Å². The summed E-state index contributed by atoms with van der Waals surface area (Å²) in [7, 11) is 1.47. The Bertz CT molecular complexity index is 1130. The van der Waals surface area contributed by atoms with Crippen molar-refractivity contribution in [2.75, 3.05) is 17.3 Å². The Morgan fingerprint density at radius 1 is 0.968 bits per heavy atom. The SMILES string of the molecule is COc1ccccc1C(=O)N1c2ccccc2OC(=O)[C@H]1CC(=O)Nc1ccccc1. The summed E-state index contributed by atoms with van der Waals surface area (Å²) in [5.41, 5.74) is 1.29. The minimum Gasteiger partial charge on any atom is -0.496 e. The van der Waals surface area contributed by atoms with Gasteiger partial charge in [0.25, 0.3) is 5.91 Å². The molecular weight excluding hydrogens is 396 g/mol. The van der Waals surface area contributed by atoms with Crippen molar-refractivity contribution >= 4 is 29.2 Å². The maximum absolute atomic E-state index is 13.5. The summed E-state index contributed by atoms with van der Waals surface area (Å²) in [6.45, 7) is 0. The van der Waals surface area contributed by atoms with Crippen molar-refractivity contribution in [1.29, 1.82) is 0 Å². The van der Waals surface area contributed by atoms with Crippen LogP contribution in [0.2, 0.25) is 0 Å². The van der Waals surface area contributed by atoms with E-state index in [4.69, 9.17) is 9.47 Å². The lowest BCUT2D eigenvalue weighted by Gasteiger charge is -2.35. The number of benzene rings is 3. The number of esters is 1. The molecule has 0 unspecified atom stereocenters. The molecule has 0 fully saturated rings. The number of fused-ring (bicyclic) bond motifs is 1. The van der Waals surface area contributed by atoms with Gasteiger partial charge in [0.15, 0.2) is 5.75 Å². The molecule has 4 rings (SSSR count). The number of ether oxygens (including phenoxy) is 2. The molecule has 0 radical (unpaired) electrons. The summed E-state index contributed by atoms with van der Waals surface area (Å²) in [6, 6.07) is 21.2. The molecule has 0 saturated carbocycles. The number of rotatable bonds is 5. The standard InChI is InChI=1S/C24H20N2O5/c1-30-20-13-7-5-11-17(20)23(28)26-18-12-6-8-14-21(18)31-24(29)19(26)15-22(27)25-16-9-3-2-4-10-16/h2-14,19H,15H2,1H3,(H,25,27)/t19-/m1/s1. The molecule has 156 valence electrons. The van der Waals surface area contributed by atoms with Crippen molar-refractivity contribution in [2.24, 2.45) is 0 Å². The van der Waals surface area contributed by atoms with Crippen LogP contribution in [0.25, 0.3) is 0 Å². The normalized spacial score (nSPS) is 14.9. The van der Waals surface area contributed by atoms with Crippen LogP contribution >= 0.6 is 0 Å². The maximum atomic E-state index is 13.5. The van der Waals surface area contributed by atoms with Crippen molar-refractivity contribution < 1.29 is 23.9 Å². The molecule has 1 N–H and O–H groups in total. The molecule has 1 atom stereocenters. The Morgan fingerprint density at radius 3 is 2.42 bits per heavy atom. The first-order valence-electron chi connectivity index (χ1n) is 9.70. The lowest BCUT2D eigenvalue weighted by molar-refractivity contribution is -0.138. The Hall–Kier alpha value is -4.13. The van der Waals surface area contributed by atoms with Gasteiger partial charge in [-0.1, -0.05) is 42.5 Å². The molecule has 1 heterocycles. The molecule has 31 heavy (non-hydrogen) atoms. The molecule has 0 spiro atoms. The van der Waals surface area contributed by atoms with Gasteiger partial charge in [-0.15, -0.1) is 0 Å². The van der Waals surface area contributed by atoms with Gasteiger partial charge in [-0.2, -0.15) is 0 Å². The molecule has 1 aliphatic heterocycles. The highest BCUT2D eigenvalue weighted by Crippen LogP contribution is 2.37. The summed E-state index contributed by atoms with van der Waals surface area (Å²) >= 11 is 0. The third-order valence-corrected chi connectivity index (χ3v) is 4.91. The average Bonchev–Trinajstić information content (AvgIpc) is 2.79. The zero-order valence-corrected chi connectivity index (χ0v) is 16.8. The molecule has 7 heteroatoms. The van der Waals surface area contributed by atoms with Gasteiger partial charge in [0.05, 0.1) is 24.8 Å². The van der Waals surface area contributed by atoms with Gasteiger partial charge in [-0.25, -0.2) is 4.79 Å². The Morgan fingerprint density at radius 2 is 1.65 bits per heavy atom. The number of methoxy groups -OCH3 is 1. The van der Waals surface area contributed by atoms with Gasteiger partial charge in [0, 0.05) is 5.69 Å². The summed E-state index contributed by atoms with van der Waals surface area (Å²) in [6.07, 6.45) is -0.261. The lowest BCUT2D eigenvalue weighted by atomic mass is 10.0. The van der Waals surface area contributed by atoms with Crippen LogP contribution < -0.4 is 19.7 Å². The van der Waals surface area contributed by atoms with Crippen LogP contribution in [0.1, 0.15) is 16.8 Å². The monoisotopic (exact) mass is 416 g/mol. The van der Waals surface area contributed by atoms with Crippen LogP contribution in [-0.2, 0) is 9.59 Å². The highest BCUT2D eigenvalue weighted by atomic mass is 16.5. The predicted octanol–water partition coefficient (Wildman–Crippen LogP) is 3.66. The number of carbonyl (C=O) groups is 3. The lowest BCUT2D eigenvalue weighted by Crippen LogP contribution is -2.51. The summed E-state index contributed by atoms with van der Waals surface area (Å²) in [5.74, 6) is -0.915. The largest absolute Gasteiger partial charge is 0.496 e. The van der Waals surface area contributed by atoms with E-state index in [2.05, 4.69) is 5.32 Å². The Balaban J connectivity index is 1.69. The van der Waals surface area contributed by atoms with Crippen molar-refractivity contribution in [3.63, 3.8) is 0 Å². The van der Waals surface area contributed by atoms with Gasteiger partial charge in [0.1, 0.15) is 11.8 Å². The van der Waals surface area contributed by atoms with Crippen LogP contribution in [0.15, 0.2) is 78.9 Å². The number of anilines is 2. The first-order valence-corrected chi connectivity index (χ1v) is 9.70. The minimum absolute atomic E-state index is 0.260. The molecule has 3 aromatic rings. The van der Waals surface area contributed by atoms with E-state index in [9.17, 15) is 14.4 Å². The fourth-order valence-corrected chi connectivity index (χ4v) is 3.48. The quantitative estimate of drug-likeness (QED) is 0.507. The minimum atomic E-state index is -1.13. The molecule has 3 aromatic carbocycles. The molecule has 1 aliphatic rings. The van der Waals surface area contributed by atoms with Gasteiger partial charge in [-0.05, 0) is 36.4 Å². The first kappa shape index (κ1) is 20.2. The number of amides is 2. The average molecular weight is 416 g/mol. The highest BCUT2D eigenvalue weighted by Gasteiger charge is 2.41. The first-order chi connectivity index (χ1) is 15.1. The second-order valence-corrected chi connectivity index (χ2v) is 6.90. The van der Waals surface area contributed by atoms with E-state index in [0.717, 1.165) is 0 Å². The van der Waals surface area contributed by atoms with E-state index < -0.39 is 23.8 Å². The fraction of sp³-hybridized carbons (Fsp3) is 0.125. The van der Waals surface area contributed by atoms with Crippen LogP contribution in [0.5, 0.6) is 11.5 Å². The Kier molecular flexibility index (Phi) is 5.66. The van der Waals surface area contributed by atoms with E-state index in [0.29, 0.717) is 17.1 Å². The number of para-hydroxylation sites is 4. The van der Waals surface area contributed by atoms with Gasteiger partial charge >= 0.3 is 5.97 Å². The predicted molar refractivity (Wildman–Crippen MR) is 115 cm³/mol. The van der Waals surface area contributed by atoms with E-state index >= 15 is 0 Å². The summed E-state index contributed by atoms with van der Waals surface area (Å²) in [5, 5.41) is 2.75. The molecular formula is C24H20N2O5. The fourth-order valence-electron chi connectivity index (χ4n) is 3.48.